The summed E-state index contributed by atoms with van der Waals surface area (Å²) in [4.78, 5) is 54.0. The number of rotatable bonds is 18. The molecule has 4 aromatic rings. The molecule has 270 valence electrons. The zero-order chi connectivity index (χ0) is 36.9. The van der Waals surface area contributed by atoms with Gasteiger partial charge in [0.05, 0.1) is 21.3 Å². The van der Waals surface area contributed by atoms with Gasteiger partial charge >= 0.3 is 0 Å². The number of benzene rings is 2. The maximum Gasteiger partial charge on any atom is 0.295 e. The average molecular weight is 699 g/mol. The molecule has 0 aliphatic heterocycles. The van der Waals surface area contributed by atoms with Crippen LogP contribution in [-0.2, 0) is 29.0 Å². The highest BCUT2D eigenvalue weighted by atomic mass is 19.1. The van der Waals surface area contributed by atoms with Crippen LogP contribution in [0.15, 0.2) is 85.5 Å². The molecule has 0 aliphatic carbocycles. The van der Waals surface area contributed by atoms with Crippen molar-refractivity contribution in [1.29, 1.82) is 0 Å². The minimum atomic E-state index is -0.965. The molecule has 0 aliphatic rings. The fourth-order valence-corrected chi connectivity index (χ4v) is 6.09. The van der Waals surface area contributed by atoms with E-state index in [1.165, 1.54) is 57.5 Å². The molecule has 4 rings (SSSR count). The number of ether oxygens (including phenoxy) is 3. The number of aryl methyl sites for hydroxylation is 2. The first-order chi connectivity index (χ1) is 24.6. The molecule has 0 saturated heterocycles. The van der Waals surface area contributed by atoms with Crippen molar-refractivity contribution in [2.24, 2.45) is 5.92 Å². The summed E-state index contributed by atoms with van der Waals surface area (Å²) in [5.41, 5.74) is 2.94. The van der Waals surface area contributed by atoms with Gasteiger partial charge in [0.25, 0.3) is 11.7 Å². The quantitative estimate of drug-likeness (QED) is 0.0873. The number of ketones is 1. The van der Waals surface area contributed by atoms with Gasteiger partial charge in [-0.2, -0.15) is 0 Å². The zero-order valence-electron chi connectivity index (χ0n) is 30.2. The molecular weight excluding hydrogens is 651 g/mol. The maximum absolute atomic E-state index is 15.0. The number of hydrogen-bond donors (Lipinski definition) is 0. The Bertz CT molecular complexity index is 1670. The Hall–Kier alpha value is -5.32. The van der Waals surface area contributed by atoms with E-state index in [0.29, 0.717) is 32.1 Å². The Kier molecular flexibility index (Phi) is 14.0. The van der Waals surface area contributed by atoms with Gasteiger partial charge in [-0.3, -0.25) is 24.4 Å². The highest BCUT2D eigenvalue weighted by Crippen LogP contribution is 2.38. The lowest BCUT2D eigenvalue weighted by atomic mass is 9.95. The molecule has 2 aromatic carbocycles. The van der Waals surface area contributed by atoms with Crippen LogP contribution in [0.3, 0.4) is 0 Å². The second-order valence-electron chi connectivity index (χ2n) is 12.8. The molecule has 0 N–H and O–H groups in total. The second-order valence-corrected chi connectivity index (χ2v) is 12.8. The summed E-state index contributed by atoms with van der Waals surface area (Å²) in [5, 5.41) is 0. The summed E-state index contributed by atoms with van der Waals surface area (Å²) in [5.74, 6) is -1.61. The van der Waals surface area contributed by atoms with E-state index in [0.717, 1.165) is 16.7 Å². The standard InChI is InChI=1S/C40H47FN4O6/c1-27(2)23-34(44(3)40(48)37(46)31-24-35(49-4)38(51-6)36(25-31)50-5)39(47)45(26-30-7-11-32(41)12-8-30)33(13-9-28-15-19-42-20-16-28)14-10-29-17-21-43-22-18-29/h7-8,11-12,15-22,24-25,27,33-34H,9-10,13-14,23,26H2,1-6H3/t34-/m0/s1. The van der Waals surface area contributed by atoms with Crippen molar-refractivity contribution in [3.05, 3.63) is 114 Å². The first kappa shape index (κ1) is 38.5. The largest absolute Gasteiger partial charge is 0.493 e. The smallest absolute Gasteiger partial charge is 0.295 e. The Morgan fingerprint density at radius 1 is 0.745 bits per heavy atom. The molecule has 0 saturated carbocycles. The molecule has 0 fully saturated rings. The van der Waals surface area contributed by atoms with Crippen LogP contribution >= 0.6 is 0 Å². The highest BCUT2D eigenvalue weighted by molar-refractivity contribution is 6.43. The van der Waals surface area contributed by atoms with E-state index in [4.69, 9.17) is 14.2 Å². The number of hydrogen-bond acceptors (Lipinski definition) is 8. The summed E-state index contributed by atoms with van der Waals surface area (Å²) < 4.78 is 30.2. The minimum Gasteiger partial charge on any atom is -0.493 e. The third-order valence-electron chi connectivity index (χ3n) is 8.91. The minimum absolute atomic E-state index is 0.00485. The van der Waals surface area contributed by atoms with Crippen LogP contribution in [0.5, 0.6) is 17.2 Å². The molecule has 0 spiro atoms. The Morgan fingerprint density at radius 3 is 1.71 bits per heavy atom. The predicted molar refractivity (Wildman–Crippen MR) is 192 cm³/mol. The molecule has 51 heavy (non-hydrogen) atoms. The van der Waals surface area contributed by atoms with Crippen molar-refractivity contribution < 1.29 is 33.0 Å². The van der Waals surface area contributed by atoms with Gasteiger partial charge in [-0.1, -0.05) is 26.0 Å². The van der Waals surface area contributed by atoms with Crippen LogP contribution in [0, 0.1) is 11.7 Å². The number of Topliss-reactive ketones (excluding diaryl/α,β-unsaturated/α-hetero) is 1. The van der Waals surface area contributed by atoms with Crippen LogP contribution in [0.2, 0.25) is 0 Å². The molecule has 11 heteroatoms. The van der Waals surface area contributed by atoms with E-state index in [9.17, 15) is 18.8 Å². The van der Waals surface area contributed by atoms with Crippen LogP contribution in [0.1, 0.15) is 60.2 Å². The number of carbonyl (C=O) groups is 3. The number of methoxy groups -OCH3 is 3. The third-order valence-corrected chi connectivity index (χ3v) is 8.91. The lowest BCUT2D eigenvalue weighted by molar-refractivity contribution is -0.145. The Morgan fingerprint density at radius 2 is 1.25 bits per heavy atom. The molecule has 0 radical (unpaired) electrons. The van der Waals surface area contributed by atoms with Crippen molar-refractivity contribution in [2.75, 3.05) is 28.4 Å². The fourth-order valence-electron chi connectivity index (χ4n) is 6.09. The van der Waals surface area contributed by atoms with Gasteiger partial charge in [-0.25, -0.2) is 4.39 Å². The van der Waals surface area contributed by atoms with Gasteiger partial charge in [-0.05, 0) is 103 Å². The number of halogens is 1. The molecule has 2 amide bonds. The molecule has 2 heterocycles. The molecular formula is C40H47FN4O6. The van der Waals surface area contributed by atoms with E-state index in [-0.39, 0.29) is 53.0 Å². The Balaban J connectivity index is 1.72. The van der Waals surface area contributed by atoms with Crippen LogP contribution in [-0.4, -0.2) is 77.8 Å². The maximum atomic E-state index is 15.0. The number of likely N-dealkylation sites (N-methyl/N-ethyl adjacent to an activating group) is 1. The SMILES string of the molecule is COc1cc(C(=O)C(=O)N(C)[C@@H](CC(C)C)C(=O)N(Cc2ccc(F)cc2)C(CCc2ccncc2)CCc2ccncc2)cc(OC)c1OC. The third kappa shape index (κ3) is 10.3. The number of carbonyl (C=O) groups excluding carboxylic acids is 3. The van der Waals surface area contributed by atoms with Gasteiger partial charge in [0.2, 0.25) is 11.7 Å². The lowest BCUT2D eigenvalue weighted by Gasteiger charge is -2.38. The number of aromatic nitrogens is 2. The van der Waals surface area contributed by atoms with Crippen LogP contribution in [0.25, 0.3) is 0 Å². The topological polar surface area (TPSA) is 111 Å². The first-order valence-corrected chi connectivity index (χ1v) is 17.0. The normalized spacial score (nSPS) is 11.6. The highest BCUT2D eigenvalue weighted by Gasteiger charge is 2.37. The van der Waals surface area contributed by atoms with E-state index in [2.05, 4.69) is 9.97 Å². The molecule has 2 aromatic heterocycles. The lowest BCUT2D eigenvalue weighted by Crippen LogP contribution is -2.54. The zero-order valence-corrected chi connectivity index (χ0v) is 30.2. The molecule has 0 unspecified atom stereocenters. The first-order valence-electron chi connectivity index (χ1n) is 17.0. The predicted octanol–water partition coefficient (Wildman–Crippen LogP) is 6.36. The second kappa shape index (κ2) is 18.6. The summed E-state index contributed by atoms with van der Waals surface area (Å²) in [6, 6.07) is 15.5. The van der Waals surface area contributed by atoms with Crippen LogP contribution in [0.4, 0.5) is 4.39 Å². The molecule has 1 atom stereocenters. The van der Waals surface area contributed by atoms with Gasteiger partial charge in [-0.15, -0.1) is 0 Å². The monoisotopic (exact) mass is 698 g/mol. The number of amides is 2. The van der Waals surface area contributed by atoms with Crippen LogP contribution < -0.4 is 14.2 Å². The van der Waals surface area contributed by atoms with E-state index >= 15 is 0 Å². The van der Waals surface area contributed by atoms with Gasteiger partial charge < -0.3 is 24.0 Å². The summed E-state index contributed by atoms with van der Waals surface area (Å²) in [6.07, 6.45) is 9.89. The summed E-state index contributed by atoms with van der Waals surface area (Å²) in [6.45, 7) is 4.12. The van der Waals surface area contributed by atoms with E-state index < -0.39 is 17.7 Å². The van der Waals surface area contributed by atoms with E-state index in [1.807, 2.05) is 38.1 Å². The molecule has 0 bridgehead atoms. The average Bonchev–Trinajstić information content (AvgIpc) is 3.15. The van der Waals surface area contributed by atoms with Gasteiger partial charge in [0.15, 0.2) is 11.5 Å². The Labute approximate surface area is 299 Å². The molecule has 10 nitrogen and oxygen atoms in total. The fraction of sp³-hybridized carbons (Fsp3) is 0.375. The number of pyridine rings is 2. The van der Waals surface area contributed by atoms with Crippen molar-refractivity contribution in [3.8, 4) is 17.2 Å². The summed E-state index contributed by atoms with van der Waals surface area (Å²) in [7, 11) is 5.78. The van der Waals surface area contributed by atoms with Gasteiger partial charge in [0, 0.05) is 50.0 Å². The van der Waals surface area contributed by atoms with Crippen molar-refractivity contribution in [3.63, 3.8) is 0 Å². The van der Waals surface area contributed by atoms with E-state index in [1.54, 1.807) is 41.8 Å². The number of nitrogens with zero attached hydrogens (tertiary/aromatic N) is 4. The van der Waals surface area contributed by atoms with Gasteiger partial charge in [0.1, 0.15) is 11.9 Å². The van der Waals surface area contributed by atoms with Crippen molar-refractivity contribution >= 4 is 17.6 Å². The van der Waals surface area contributed by atoms with Crippen molar-refractivity contribution in [2.45, 2.75) is 64.6 Å². The van der Waals surface area contributed by atoms with Crippen molar-refractivity contribution in [1.82, 2.24) is 19.8 Å². The summed E-state index contributed by atoms with van der Waals surface area (Å²) >= 11 is 0.